The van der Waals surface area contributed by atoms with Crippen LogP contribution in [0.4, 0.5) is 4.79 Å². The summed E-state index contributed by atoms with van der Waals surface area (Å²) in [6.07, 6.45) is -0.487. The molecule has 0 aliphatic carbocycles. The molecule has 1 N–H and O–H groups in total. The molecule has 0 unspecified atom stereocenters. The highest BCUT2D eigenvalue weighted by molar-refractivity contribution is 5.70. The molecule has 0 heterocycles. The van der Waals surface area contributed by atoms with Crippen molar-refractivity contribution in [3.8, 4) is 17.6 Å². The molecule has 0 saturated carbocycles. The number of hydrogen-bond donors (Lipinski definition) is 1. The van der Waals surface area contributed by atoms with Crippen molar-refractivity contribution >= 4 is 6.09 Å². The minimum Gasteiger partial charge on any atom is -0.410 e. The van der Waals surface area contributed by atoms with Crippen LogP contribution in [0.5, 0.6) is 5.75 Å². The van der Waals surface area contributed by atoms with E-state index in [-0.39, 0.29) is 0 Å². The third kappa shape index (κ3) is 3.63. The van der Waals surface area contributed by atoms with Gasteiger partial charge >= 0.3 is 6.09 Å². The van der Waals surface area contributed by atoms with E-state index >= 15 is 0 Å². The number of nitrogens with one attached hydrogen (secondary N) is 1. The maximum absolute atomic E-state index is 11.1. The molecule has 0 aromatic heterocycles. The number of amides is 1. The van der Waals surface area contributed by atoms with E-state index in [4.69, 9.17) is 4.74 Å². The highest BCUT2D eigenvalue weighted by Crippen LogP contribution is 2.07. The maximum Gasteiger partial charge on any atom is 0.413 e. The average Bonchev–Trinajstić information content (AvgIpc) is 2.20. The van der Waals surface area contributed by atoms with Gasteiger partial charge in [-0.25, -0.2) is 4.79 Å². The van der Waals surface area contributed by atoms with Gasteiger partial charge in [0.15, 0.2) is 0 Å². The van der Waals surface area contributed by atoms with Crippen LogP contribution in [0.15, 0.2) is 30.3 Å². The molecule has 0 saturated heterocycles. The molecule has 14 heavy (non-hydrogen) atoms. The van der Waals surface area contributed by atoms with Crippen molar-refractivity contribution in [2.24, 2.45) is 0 Å². The lowest BCUT2D eigenvalue weighted by molar-refractivity contribution is 0.202. The number of hydrogen-bond acceptors (Lipinski definition) is 2. The second-order valence-electron chi connectivity index (χ2n) is 2.48. The van der Waals surface area contributed by atoms with Gasteiger partial charge in [-0.2, -0.15) is 0 Å². The lowest BCUT2D eigenvalue weighted by atomic mass is 10.3. The van der Waals surface area contributed by atoms with E-state index in [1.165, 1.54) is 0 Å². The molecule has 1 aromatic rings. The zero-order chi connectivity index (χ0) is 10.2. The number of rotatable bonds is 2. The highest BCUT2D eigenvalue weighted by Gasteiger charge is 2.00. The van der Waals surface area contributed by atoms with Gasteiger partial charge in [0.25, 0.3) is 0 Å². The van der Waals surface area contributed by atoms with Gasteiger partial charge in [0.05, 0.1) is 6.54 Å². The van der Waals surface area contributed by atoms with Gasteiger partial charge in [-0.15, -0.1) is 5.92 Å². The zero-order valence-electron chi connectivity index (χ0n) is 7.91. The van der Waals surface area contributed by atoms with Crippen LogP contribution >= 0.6 is 0 Å². The SMILES string of the molecule is CC#CCNC(=O)Oc1ccccc1. The Balaban J connectivity index is 2.37. The van der Waals surface area contributed by atoms with Gasteiger partial charge in [-0.1, -0.05) is 24.1 Å². The maximum atomic E-state index is 11.1. The summed E-state index contributed by atoms with van der Waals surface area (Å²) < 4.78 is 4.94. The molecule has 1 amide bonds. The fourth-order valence-electron chi connectivity index (χ4n) is 0.836. The highest BCUT2D eigenvalue weighted by atomic mass is 16.5. The average molecular weight is 189 g/mol. The number of para-hydroxylation sites is 1. The van der Waals surface area contributed by atoms with Gasteiger partial charge in [-0.3, -0.25) is 0 Å². The number of ether oxygens (including phenoxy) is 1. The topological polar surface area (TPSA) is 38.3 Å². The number of benzene rings is 1. The Morgan fingerprint density at radius 2 is 2.14 bits per heavy atom. The molecule has 0 atom stereocenters. The molecule has 72 valence electrons. The van der Waals surface area contributed by atoms with Crippen molar-refractivity contribution in [1.82, 2.24) is 5.32 Å². The number of carbonyl (C=O) groups excluding carboxylic acids is 1. The van der Waals surface area contributed by atoms with Crippen LogP contribution in [0.3, 0.4) is 0 Å². The summed E-state index contributed by atoms with van der Waals surface area (Å²) in [5.41, 5.74) is 0. The second kappa shape index (κ2) is 5.65. The fraction of sp³-hybridized carbons (Fsp3) is 0.182. The van der Waals surface area contributed by atoms with Crippen molar-refractivity contribution in [1.29, 1.82) is 0 Å². The first-order valence-electron chi connectivity index (χ1n) is 4.23. The van der Waals surface area contributed by atoms with Crippen LogP contribution in [-0.4, -0.2) is 12.6 Å². The molecule has 3 nitrogen and oxygen atoms in total. The van der Waals surface area contributed by atoms with Crippen molar-refractivity contribution in [2.45, 2.75) is 6.92 Å². The minimum absolute atomic E-state index is 0.308. The van der Waals surface area contributed by atoms with E-state index in [1.54, 1.807) is 31.2 Å². The predicted octanol–water partition coefficient (Wildman–Crippen LogP) is 1.80. The van der Waals surface area contributed by atoms with Crippen LogP contribution in [0.2, 0.25) is 0 Å². The summed E-state index contributed by atoms with van der Waals surface area (Å²) in [6, 6.07) is 8.88. The first-order valence-corrected chi connectivity index (χ1v) is 4.23. The van der Waals surface area contributed by atoms with Crippen LogP contribution in [0.25, 0.3) is 0 Å². The minimum atomic E-state index is -0.487. The molecule has 1 aromatic carbocycles. The summed E-state index contributed by atoms with van der Waals surface area (Å²) in [5.74, 6) is 5.89. The third-order valence-corrected chi connectivity index (χ3v) is 1.45. The zero-order valence-corrected chi connectivity index (χ0v) is 7.91. The molecule has 0 fully saturated rings. The first-order chi connectivity index (χ1) is 6.83. The molecule has 0 bridgehead atoms. The summed E-state index contributed by atoms with van der Waals surface area (Å²) in [4.78, 5) is 11.1. The van der Waals surface area contributed by atoms with Gasteiger partial charge in [0.2, 0.25) is 0 Å². The quantitative estimate of drug-likeness (QED) is 0.720. The van der Waals surface area contributed by atoms with Crippen LogP contribution in [0, 0.1) is 11.8 Å². The van der Waals surface area contributed by atoms with Crippen LogP contribution in [0.1, 0.15) is 6.92 Å². The molecule has 3 heteroatoms. The van der Waals surface area contributed by atoms with Gasteiger partial charge < -0.3 is 10.1 Å². The summed E-state index contributed by atoms with van der Waals surface area (Å²) in [7, 11) is 0. The Kier molecular flexibility index (Phi) is 4.09. The summed E-state index contributed by atoms with van der Waals surface area (Å²) >= 11 is 0. The summed E-state index contributed by atoms with van der Waals surface area (Å²) in [5, 5.41) is 2.50. The molecule has 0 radical (unpaired) electrons. The van der Waals surface area contributed by atoms with Crippen molar-refractivity contribution in [2.75, 3.05) is 6.54 Å². The molecular formula is C11H11NO2. The Labute approximate surface area is 83.1 Å². The Morgan fingerprint density at radius 3 is 2.79 bits per heavy atom. The Bertz CT molecular complexity index is 349. The first kappa shape index (κ1) is 10.1. The second-order valence-corrected chi connectivity index (χ2v) is 2.48. The monoisotopic (exact) mass is 189 g/mol. The molecule has 0 spiro atoms. The third-order valence-electron chi connectivity index (χ3n) is 1.45. The van der Waals surface area contributed by atoms with Gasteiger partial charge in [-0.05, 0) is 19.1 Å². The van der Waals surface area contributed by atoms with E-state index < -0.39 is 6.09 Å². The largest absolute Gasteiger partial charge is 0.413 e. The Morgan fingerprint density at radius 1 is 1.43 bits per heavy atom. The fourth-order valence-corrected chi connectivity index (χ4v) is 0.836. The Hall–Kier alpha value is -1.95. The van der Waals surface area contributed by atoms with Crippen LogP contribution < -0.4 is 10.1 Å². The van der Waals surface area contributed by atoms with E-state index in [0.717, 1.165) is 0 Å². The normalized spacial score (nSPS) is 8.36. The summed E-state index contributed by atoms with van der Waals surface area (Å²) in [6.45, 7) is 2.02. The molecular weight excluding hydrogens is 178 g/mol. The van der Waals surface area contributed by atoms with Crippen LogP contribution in [-0.2, 0) is 0 Å². The van der Waals surface area contributed by atoms with Crippen molar-refractivity contribution in [3.63, 3.8) is 0 Å². The van der Waals surface area contributed by atoms with Crippen molar-refractivity contribution in [3.05, 3.63) is 30.3 Å². The molecule has 0 aliphatic heterocycles. The lowest BCUT2D eigenvalue weighted by Crippen LogP contribution is -2.26. The smallest absolute Gasteiger partial charge is 0.410 e. The van der Waals surface area contributed by atoms with Gasteiger partial charge in [0, 0.05) is 0 Å². The predicted molar refractivity (Wildman–Crippen MR) is 53.9 cm³/mol. The van der Waals surface area contributed by atoms with E-state index in [0.29, 0.717) is 12.3 Å². The van der Waals surface area contributed by atoms with Gasteiger partial charge in [0.1, 0.15) is 5.75 Å². The van der Waals surface area contributed by atoms with Crippen molar-refractivity contribution < 1.29 is 9.53 Å². The van der Waals surface area contributed by atoms with E-state index in [1.807, 2.05) is 6.07 Å². The number of carbonyl (C=O) groups is 1. The lowest BCUT2D eigenvalue weighted by Gasteiger charge is -2.02. The van der Waals surface area contributed by atoms with E-state index in [2.05, 4.69) is 17.2 Å². The molecule has 0 aliphatic rings. The standard InChI is InChI=1S/C11H11NO2/c1-2-3-9-12-11(13)14-10-7-5-4-6-8-10/h4-8H,9H2,1H3,(H,12,13). The van der Waals surface area contributed by atoms with E-state index in [9.17, 15) is 4.79 Å². The molecule has 1 rings (SSSR count).